The molecule has 2 heterocycles. The van der Waals surface area contributed by atoms with Crippen LogP contribution in [0.5, 0.6) is 0 Å². The third-order valence-corrected chi connectivity index (χ3v) is 3.24. The molecule has 1 saturated heterocycles. The first-order valence-electron chi connectivity index (χ1n) is 5.24. The summed E-state index contributed by atoms with van der Waals surface area (Å²) in [6.07, 6.45) is 2.30. The van der Waals surface area contributed by atoms with E-state index in [1.165, 1.54) is 6.42 Å². The average Bonchev–Trinajstić information content (AvgIpc) is 2.48. The van der Waals surface area contributed by atoms with Crippen molar-refractivity contribution >= 4 is 17.4 Å². The van der Waals surface area contributed by atoms with Crippen LogP contribution in [0.2, 0.25) is 5.02 Å². The molecule has 0 saturated carbocycles. The van der Waals surface area contributed by atoms with Gasteiger partial charge in [-0.3, -0.25) is 0 Å². The van der Waals surface area contributed by atoms with E-state index in [9.17, 15) is 0 Å². The predicted octanol–water partition coefficient (Wildman–Crippen LogP) is 1.85. The summed E-state index contributed by atoms with van der Waals surface area (Å²) in [6, 6.07) is 0. The largest absolute Gasteiger partial charge is 0.383 e. The Bertz CT molecular complexity index is 345. The van der Waals surface area contributed by atoms with Gasteiger partial charge in [-0.1, -0.05) is 11.6 Å². The minimum absolute atomic E-state index is 0.511. The Morgan fingerprint density at radius 3 is 3.00 bits per heavy atom. The Balaban J connectivity index is 2.06. The number of aryl methyl sites for hydroxylation is 1. The van der Waals surface area contributed by atoms with Crippen molar-refractivity contribution in [3.05, 3.63) is 10.7 Å². The zero-order chi connectivity index (χ0) is 10.8. The van der Waals surface area contributed by atoms with Gasteiger partial charge in [-0.15, -0.1) is 0 Å². The maximum absolute atomic E-state index is 5.98. The molecule has 0 bridgehead atoms. The molecule has 84 valence electrons. The summed E-state index contributed by atoms with van der Waals surface area (Å²) in [5, 5.41) is 4.88. The molecule has 4 nitrogen and oxygen atoms in total. The molecule has 2 rings (SSSR count). The molecule has 2 N–H and O–H groups in total. The first kappa shape index (κ1) is 10.8. The van der Waals surface area contributed by atoms with E-state index in [2.05, 4.69) is 5.10 Å². The fraction of sp³-hybridized carbons (Fsp3) is 0.700. The summed E-state index contributed by atoms with van der Waals surface area (Å²) in [5.41, 5.74) is 6.65. The summed E-state index contributed by atoms with van der Waals surface area (Å²) >= 11 is 5.98. The number of nitrogens with zero attached hydrogens (tertiary/aromatic N) is 2. The van der Waals surface area contributed by atoms with Crippen LogP contribution >= 0.6 is 11.6 Å². The molecule has 0 aliphatic carbocycles. The first-order valence-corrected chi connectivity index (χ1v) is 5.62. The van der Waals surface area contributed by atoms with Gasteiger partial charge in [0.1, 0.15) is 10.8 Å². The molecule has 15 heavy (non-hydrogen) atoms. The van der Waals surface area contributed by atoms with Gasteiger partial charge in [0.2, 0.25) is 0 Å². The predicted molar refractivity (Wildman–Crippen MR) is 59.9 cm³/mol. The van der Waals surface area contributed by atoms with E-state index in [-0.39, 0.29) is 0 Å². The van der Waals surface area contributed by atoms with E-state index >= 15 is 0 Å². The average molecular weight is 230 g/mol. The molecule has 0 aromatic carbocycles. The number of ether oxygens (including phenoxy) is 1. The van der Waals surface area contributed by atoms with Crippen molar-refractivity contribution in [1.82, 2.24) is 9.78 Å². The third kappa shape index (κ3) is 2.26. The number of anilines is 1. The topological polar surface area (TPSA) is 53.1 Å². The SMILES string of the molecule is Cc1nn(CC2CCCOC2)c(N)c1Cl. The summed E-state index contributed by atoms with van der Waals surface area (Å²) in [5.74, 6) is 1.08. The minimum atomic E-state index is 0.511. The molecule has 1 unspecified atom stereocenters. The quantitative estimate of drug-likeness (QED) is 0.842. The van der Waals surface area contributed by atoms with Gasteiger partial charge in [0.05, 0.1) is 12.3 Å². The minimum Gasteiger partial charge on any atom is -0.383 e. The third-order valence-electron chi connectivity index (χ3n) is 2.78. The van der Waals surface area contributed by atoms with Crippen LogP contribution < -0.4 is 5.73 Å². The maximum atomic E-state index is 5.98. The maximum Gasteiger partial charge on any atom is 0.140 e. The summed E-state index contributed by atoms with van der Waals surface area (Å²) in [6.45, 7) is 4.35. The highest BCUT2D eigenvalue weighted by molar-refractivity contribution is 6.33. The molecule has 0 spiro atoms. The highest BCUT2D eigenvalue weighted by Gasteiger charge is 2.17. The van der Waals surface area contributed by atoms with Crippen molar-refractivity contribution in [3.8, 4) is 0 Å². The Kier molecular flexibility index (Phi) is 3.17. The molecular formula is C10H16ClN3O. The van der Waals surface area contributed by atoms with Gasteiger partial charge in [-0.2, -0.15) is 5.10 Å². The van der Waals surface area contributed by atoms with Crippen molar-refractivity contribution in [1.29, 1.82) is 0 Å². The molecule has 1 atom stereocenters. The van der Waals surface area contributed by atoms with Gasteiger partial charge >= 0.3 is 0 Å². The Hall–Kier alpha value is -0.740. The molecule has 0 radical (unpaired) electrons. The monoisotopic (exact) mass is 229 g/mol. The van der Waals surface area contributed by atoms with Crippen LogP contribution in [-0.2, 0) is 11.3 Å². The van der Waals surface area contributed by atoms with Crippen LogP contribution in [0.3, 0.4) is 0 Å². The van der Waals surface area contributed by atoms with Crippen LogP contribution in [-0.4, -0.2) is 23.0 Å². The van der Waals surface area contributed by atoms with E-state index in [0.29, 0.717) is 16.8 Å². The van der Waals surface area contributed by atoms with Gasteiger partial charge in [-0.25, -0.2) is 4.68 Å². The fourth-order valence-electron chi connectivity index (χ4n) is 1.91. The standard InChI is InChI=1S/C10H16ClN3O/c1-7-9(11)10(12)14(13-7)5-8-3-2-4-15-6-8/h8H,2-6,12H2,1H3. The number of hydrogen-bond acceptors (Lipinski definition) is 3. The second-order valence-corrected chi connectivity index (χ2v) is 4.43. The molecular weight excluding hydrogens is 214 g/mol. The Morgan fingerprint density at radius 1 is 1.67 bits per heavy atom. The second kappa shape index (κ2) is 4.41. The van der Waals surface area contributed by atoms with Gasteiger partial charge in [0.15, 0.2) is 0 Å². The van der Waals surface area contributed by atoms with Crippen molar-refractivity contribution < 1.29 is 4.74 Å². The zero-order valence-corrected chi connectivity index (χ0v) is 9.63. The van der Waals surface area contributed by atoms with E-state index in [1.807, 2.05) is 6.92 Å². The van der Waals surface area contributed by atoms with E-state index in [1.54, 1.807) is 4.68 Å². The van der Waals surface area contributed by atoms with Crippen molar-refractivity contribution in [2.75, 3.05) is 18.9 Å². The van der Waals surface area contributed by atoms with Crippen LogP contribution in [0.15, 0.2) is 0 Å². The molecule has 5 heteroatoms. The Morgan fingerprint density at radius 2 is 2.47 bits per heavy atom. The second-order valence-electron chi connectivity index (χ2n) is 4.05. The molecule has 1 aromatic rings. The highest BCUT2D eigenvalue weighted by Crippen LogP contribution is 2.24. The fourth-order valence-corrected chi connectivity index (χ4v) is 2.05. The highest BCUT2D eigenvalue weighted by atomic mass is 35.5. The van der Waals surface area contributed by atoms with E-state index in [0.717, 1.165) is 31.9 Å². The van der Waals surface area contributed by atoms with Crippen molar-refractivity contribution in [2.24, 2.45) is 5.92 Å². The van der Waals surface area contributed by atoms with Crippen LogP contribution in [0, 0.1) is 12.8 Å². The lowest BCUT2D eigenvalue weighted by atomic mass is 10.0. The first-order chi connectivity index (χ1) is 7.18. The molecule has 1 aliphatic rings. The summed E-state index contributed by atoms with van der Waals surface area (Å²) in [7, 11) is 0. The van der Waals surface area contributed by atoms with E-state index < -0.39 is 0 Å². The Labute approximate surface area is 94.3 Å². The summed E-state index contributed by atoms with van der Waals surface area (Å²) < 4.78 is 7.20. The zero-order valence-electron chi connectivity index (χ0n) is 8.87. The van der Waals surface area contributed by atoms with Crippen molar-refractivity contribution in [2.45, 2.75) is 26.3 Å². The van der Waals surface area contributed by atoms with Gasteiger partial charge in [0.25, 0.3) is 0 Å². The normalized spacial score (nSPS) is 21.9. The number of rotatable bonds is 2. The van der Waals surface area contributed by atoms with Crippen LogP contribution in [0.4, 0.5) is 5.82 Å². The van der Waals surface area contributed by atoms with E-state index in [4.69, 9.17) is 22.1 Å². The van der Waals surface area contributed by atoms with Crippen LogP contribution in [0.1, 0.15) is 18.5 Å². The number of hydrogen-bond donors (Lipinski definition) is 1. The molecule has 1 aromatic heterocycles. The van der Waals surface area contributed by atoms with Crippen molar-refractivity contribution in [3.63, 3.8) is 0 Å². The summed E-state index contributed by atoms with van der Waals surface area (Å²) in [4.78, 5) is 0. The molecule has 1 aliphatic heterocycles. The number of nitrogen functional groups attached to an aromatic ring is 1. The lowest BCUT2D eigenvalue weighted by molar-refractivity contribution is 0.0472. The molecule has 1 fully saturated rings. The van der Waals surface area contributed by atoms with Gasteiger partial charge in [0, 0.05) is 19.1 Å². The number of nitrogens with two attached hydrogens (primary N) is 1. The van der Waals surface area contributed by atoms with Gasteiger partial charge < -0.3 is 10.5 Å². The number of aromatic nitrogens is 2. The lowest BCUT2D eigenvalue weighted by Gasteiger charge is -2.22. The van der Waals surface area contributed by atoms with Crippen LogP contribution in [0.25, 0.3) is 0 Å². The lowest BCUT2D eigenvalue weighted by Crippen LogP contribution is -2.23. The number of halogens is 1. The van der Waals surface area contributed by atoms with Gasteiger partial charge in [-0.05, 0) is 19.8 Å². The molecule has 0 amide bonds. The smallest absolute Gasteiger partial charge is 0.140 e.